The van der Waals surface area contributed by atoms with Crippen molar-refractivity contribution in [3.63, 3.8) is 0 Å². The lowest BCUT2D eigenvalue weighted by Crippen LogP contribution is -2.52. The largest absolute Gasteiger partial charge is 0.395 e. The smallest absolute Gasteiger partial charge is 0.223 e. The van der Waals surface area contributed by atoms with Gasteiger partial charge in [-0.25, -0.2) is 4.98 Å². The van der Waals surface area contributed by atoms with E-state index in [1.807, 2.05) is 4.90 Å². The van der Waals surface area contributed by atoms with Gasteiger partial charge in [0, 0.05) is 49.9 Å². The van der Waals surface area contributed by atoms with Crippen molar-refractivity contribution in [2.24, 2.45) is 5.92 Å². The van der Waals surface area contributed by atoms with Gasteiger partial charge in [0.2, 0.25) is 5.91 Å². The van der Waals surface area contributed by atoms with Crippen molar-refractivity contribution in [2.45, 2.75) is 51.1 Å². The first-order valence-corrected chi connectivity index (χ1v) is 10.4. The molecule has 1 saturated heterocycles. The first-order chi connectivity index (χ1) is 12.2. The molecule has 1 aromatic heterocycles. The Morgan fingerprint density at radius 1 is 1.32 bits per heavy atom. The lowest BCUT2D eigenvalue weighted by molar-refractivity contribution is -0.133. The van der Waals surface area contributed by atoms with E-state index in [9.17, 15) is 9.90 Å². The van der Waals surface area contributed by atoms with Crippen LogP contribution in [0.2, 0.25) is 0 Å². The molecule has 6 nitrogen and oxygen atoms in total. The number of aliphatic hydroxyl groups is 1. The minimum absolute atomic E-state index is 0.124. The van der Waals surface area contributed by atoms with E-state index in [1.165, 1.54) is 36.3 Å². The fourth-order valence-corrected chi connectivity index (χ4v) is 5.40. The molecular formula is C18H28N4O2S. The molecule has 7 heteroatoms. The Morgan fingerprint density at radius 3 is 2.96 bits per heavy atom. The minimum atomic E-state index is 0.124. The summed E-state index contributed by atoms with van der Waals surface area (Å²) in [4.78, 5) is 23.0. The van der Waals surface area contributed by atoms with Gasteiger partial charge in [-0.05, 0) is 18.8 Å². The standard InChI is InChI=1S/C18H28N4O2S/c23-12-14-10-22(8-6-19-14)18-20-15-5-7-21(11-16(15)25-18)17(24)9-13-3-1-2-4-13/h13-14,19,23H,1-12H2. The second kappa shape index (κ2) is 7.60. The summed E-state index contributed by atoms with van der Waals surface area (Å²) in [6.07, 6.45) is 6.64. The number of aliphatic hydroxyl groups excluding tert-OH is 1. The zero-order valence-electron chi connectivity index (χ0n) is 14.7. The van der Waals surface area contributed by atoms with Gasteiger partial charge in [-0.1, -0.05) is 24.2 Å². The maximum Gasteiger partial charge on any atom is 0.223 e. The van der Waals surface area contributed by atoms with Crippen LogP contribution in [0.3, 0.4) is 0 Å². The second-order valence-electron chi connectivity index (χ2n) is 7.57. The summed E-state index contributed by atoms with van der Waals surface area (Å²) < 4.78 is 0. The fraction of sp³-hybridized carbons (Fsp3) is 0.778. The van der Waals surface area contributed by atoms with Gasteiger partial charge in [0.1, 0.15) is 0 Å². The summed E-state index contributed by atoms with van der Waals surface area (Å²) in [7, 11) is 0. The van der Waals surface area contributed by atoms with E-state index in [-0.39, 0.29) is 12.6 Å². The van der Waals surface area contributed by atoms with Gasteiger partial charge in [0.05, 0.1) is 18.8 Å². The van der Waals surface area contributed by atoms with E-state index in [2.05, 4.69) is 10.2 Å². The molecule has 1 atom stereocenters. The van der Waals surface area contributed by atoms with Crippen LogP contribution in [0, 0.1) is 5.92 Å². The third-order valence-corrected chi connectivity index (χ3v) is 6.90. The van der Waals surface area contributed by atoms with E-state index in [4.69, 9.17) is 4.98 Å². The SMILES string of the molecule is O=C(CC1CCCC1)N1CCc2nc(N3CCNC(CO)C3)sc2C1. The summed E-state index contributed by atoms with van der Waals surface area (Å²) in [5.74, 6) is 0.942. The molecular weight excluding hydrogens is 336 g/mol. The molecule has 1 aromatic rings. The lowest BCUT2D eigenvalue weighted by Gasteiger charge is -2.32. The number of rotatable bonds is 4. The number of hydrogen-bond donors (Lipinski definition) is 2. The summed E-state index contributed by atoms with van der Waals surface area (Å²) in [6, 6.07) is 0.124. The summed E-state index contributed by atoms with van der Waals surface area (Å²) in [5, 5.41) is 13.8. The van der Waals surface area contributed by atoms with Crippen molar-refractivity contribution in [3.8, 4) is 0 Å². The Morgan fingerprint density at radius 2 is 2.16 bits per heavy atom. The molecule has 25 heavy (non-hydrogen) atoms. The number of anilines is 1. The van der Waals surface area contributed by atoms with Crippen LogP contribution in [0.15, 0.2) is 0 Å². The zero-order valence-corrected chi connectivity index (χ0v) is 15.6. The van der Waals surface area contributed by atoms with Crippen LogP contribution in [0.25, 0.3) is 0 Å². The number of fused-ring (bicyclic) bond motifs is 1. The van der Waals surface area contributed by atoms with Crippen molar-refractivity contribution in [2.75, 3.05) is 37.7 Å². The number of piperazine rings is 1. The third kappa shape index (κ3) is 3.83. The highest BCUT2D eigenvalue weighted by Crippen LogP contribution is 2.33. The Hall–Kier alpha value is -1.18. The van der Waals surface area contributed by atoms with Crippen LogP contribution in [-0.4, -0.2) is 59.7 Å². The van der Waals surface area contributed by atoms with Crippen molar-refractivity contribution in [1.82, 2.24) is 15.2 Å². The predicted octanol–water partition coefficient (Wildman–Crippen LogP) is 1.38. The Balaban J connectivity index is 1.39. The number of carbonyl (C=O) groups excluding carboxylic acids is 1. The second-order valence-corrected chi connectivity index (χ2v) is 8.63. The van der Waals surface area contributed by atoms with Crippen LogP contribution in [0.4, 0.5) is 5.13 Å². The van der Waals surface area contributed by atoms with Gasteiger partial charge in [0.15, 0.2) is 5.13 Å². The third-order valence-electron chi connectivity index (χ3n) is 5.76. The molecule has 2 N–H and O–H groups in total. The topological polar surface area (TPSA) is 68.7 Å². The number of thiazole rings is 1. The minimum Gasteiger partial charge on any atom is -0.395 e. The van der Waals surface area contributed by atoms with E-state index in [0.29, 0.717) is 11.8 Å². The molecule has 1 saturated carbocycles. The average molecular weight is 365 g/mol. The summed E-state index contributed by atoms with van der Waals surface area (Å²) in [6.45, 7) is 4.30. The molecule has 4 rings (SSSR count). The van der Waals surface area contributed by atoms with Gasteiger partial charge in [-0.15, -0.1) is 0 Å². The van der Waals surface area contributed by atoms with E-state index in [1.54, 1.807) is 11.3 Å². The number of aromatic nitrogens is 1. The Bertz CT molecular complexity index is 614. The van der Waals surface area contributed by atoms with Crippen LogP contribution in [0.5, 0.6) is 0 Å². The molecule has 3 heterocycles. The lowest BCUT2D eigenvalue weighted by atomic mass is 10.0. The van der Waals surface area contributed by atoms with Crippen LogP contribution in [0.1, 0.15) is 42.7 Å². The fourth-order valence-electron chi connectivity index (χ4n) is 4.24. The molecule has 3 aliphatic rings. The average Bonchev–Trinajstić information content (AvgIpc) is 3.30. The first kappa shape index (κ1) is 17.2. The summed E-state index contributed by atoms with van der Waals surface area (Å²) >= 11 is 1.73. The molecule has 2 fully saturated rings. The van der Waals surface area contributed by atoms with Crippen LogP contribution in [-0.2, 0) is 17.8 Å². The maximum absolute atomic E-state index is 12.6. The Kier molecular flexibility index (Phi) is 5.24. The van der Waals surface area contributed by atoms with Gasteiger partial charge < -0.3 is 20.2 Å². The number of carbonyl (C=O) groups is 1. The molecule has 1 aliphatic carbocycles. The van der Waals surface area contributed by atoms with Gasteiger partial charge in [0.25, 0.3) is 0 Å². The molecule has 0 bridgehead atoms. The highest BCUT2D eigenvalue weighted by Gasteiger charge is 2.28. The molecule has 0 aromatic carbocycles. The number of amides is 1. The monoisotopic (exact) mass is 364 g/mol. The van der Waals surface area contributed by atoms with Crippen molar-refractivity contribution < 1.29 is 9.90 Å². The van der Waals surface area contributed by atoms with Crippen LogP contribution >= 0.6 is 11.3 Å². The Labute approximate surface area is 153 Å². The van der Waals surface area contributed by atoms with Gasteiger partial charge >= 0.3 is 0 Å². The normalized spacial score (nSPS) is 24.6. The zero-order chi connectivity index (χ0) is 17.2. The van der Waals surface area contributed by atoms with E-state index < -0.39 is 0 Å². The van der Waals surface area contributed by atoms with Gasteiger partial charge in [-0.2, -0.15) is 0 Å². The highest BCUT2D eigenvalue weighted by molar-refractivity contribution is 7.15. The number of nitrogens with one attached hydrogen (secondary N) is 1. The number of nitrogens with zero attached hydrogens (tertiary/aromatic N) is 3. The van der Waals surface area contributed by atoms with E-state index in [0.717, 1.165) is 50.7 Å². The molecule has 2 aliphatic heterocycles. The molecule has 0 radical (unpaired) electrons. The first-order valence-electron chi connectivity index (χ1n) is 9.58. The quantitative estimate of drug-likeness (QED) is 0.845. The number of hydrogen-bond acceptors (Lipinski definition) is 6. The van der Waals surface area contributed by atoms with Crippen molar-refractivity contribution >= 4 is 22.4 Å². The van der Waals surface area contributed by atoms with Crippen molar-refractivity contribution in [3.05, 3.63) is 10.6 Å². The van der Waals surface area contributed by atoms with E-state index >= 15 is 0 Å². The summed E-state index contributed by atoms with van der Waals surface area (Å²) in [5.41, 5.74) is 1.17. The molecule has 138 valence electrons. The van der Waals surface area contributed by atoms with Crippen LogP contribution < -0.4 is 10.2 Å². The van der Waals surface area contributed by atoms with Gasteiger partial charge in [-0.3, -0.25) is 4.79 Å². The predicted molar refractivity (Wildman–Crippen MR) is 98.9 cm³/mol. The van der Waals surface area contributed by atoms with Crippen molar-refractivity contribution in [1.29, 1.82) is 0 Å². The maximum atomic E-state index is 12.6. The molecule has 0 spiro atoms. The molecule has 1 unspecified atom stereocenters. The highest BCUT2D eigenvalue weighted by atomic mass is 32.1. The molecule has 1 amide bonds.